The molecular formula is C22H23FN2. The summed E-state index contributed by atoms with van der Waals surface area (Å²) in [5, 5.41) is 0. The lowest BCUT2D eigenvalue weighted by molar-refractivity contribution is 0.245. The third-order valence-electron chi connectivity index (χ3n) is 5.22. The molecule has 0 saturated heterocycles. The SMILES string of the molecule is Cc1c(CN2CCc3ccccc3C2)ccn1Cc1ccc(F)cc1. The average molecular weight is 334 g/mol. The average Bonchev–Trinajstić information content (AvgIpc) is 2.97. The van der Waals surface area contributed by atoms with E-state index in [2.05, 4.69) is 52.9 Å². The van der Waals surface area contributed by atoms with E-state index in [4.69, 9.17) is 0 Å². The van der Waals surface area contributed by atoms with Crippen molar-refractivity contribution in [1.82, 2.24) is 9.47 Å². The molecule has 25 heavy (non-hydrogen) atoms. The van der Waals surface area contributed by atoms with Gasteiger partial charge in [0.15, 0.2) is 0 Å². The Morgan fingerprint density at radius 3 is 2.48 bits per heavy atom. The van der Waals surface area contributed by atoms with Crippen molar-refractivity contribution < 1.29 is 4.39 Å². The molecule has 0 amide bonds. The van der Waals surface area contributed by atoms with E-state index in [1.54, 1.807) is 0 Å². The predicted molar refractivity (Wildman–Crippen MR) is 98.9 cm³/mol. The van der Waals surface area contributed by atoms with E-state index in [0.717, 1.165) is 38.2 Å². The van der Waals surface area contributed by atoms with Crippen LogP contribution >= 0.6 is 0 Å². The first-order valence-electron chi connectivity index (χ1n) is 8.87. The van der Waals surface area contributed by atoms with Gasteiger partial charge in [-0.25, -0.2) is 4.39 Å². The maximum absolute atomic E-state index is 13.1. The van der Waals surface area contributed by atoms with Gasteiger partial charge in [-0.3, -0.25) is 4.90 Å². The van der Waals surface area contributed by atoms with Gasteiger partial charge in [0.2, 0.25) is 0 Å². The highest BCUT2D eigenvalue weighted by atomic mass is 19.1. The van der Waals surface area contributed by atoms with Crippen LogP contribution in [0.4, 0.5) is 4.39 Å². The molecule has 0 aliphatic carbocycles. The van der Waals surface area contributed by atoms with Crippen molar-refractivity contribution >= 4 is 0 Å². The van der Waals surface area contributed by atoms with Gasteiger partial charge in [0, 0.05) is 38.1 Å². The summed E-state index contributed by atoms with van der Waals surface area (Å²) in [7, 11) is 0. The number of hydrogen-bond donors (Lipinski definition) is 0. The molecule has 0 N–H and O–H groups in total. The number of aromatic nitrogens is 1. The second-order valence-corrected chi connectivity index (χ2v) is 6.91. The Bertz CT molecular complexity index is 864. The lowest BCUT2D eigenvalue weighted by atomic mass is 9.99. The van der Waals surface area contributed by atoms with Crippen molar-refractivity contribution in [3.8, 4) is 0 Å². The molecule has 0 unspecified atom stereocenters. The highest BCUT2D eigenvalue weighted by Crippen LogP contribution is 2.22. The lowest BCUT2D eigenvalue weighted by Crippen LogP contribution is -2.30. The normalized spacial score (nSPS) is 14.5. The molecule has 0 spiro atoms. The highest BCUT2D eigenvalue weighted by Gasteiger charge is 2.17. The fourth-order valence-corrected chi connectivity index (χ4v) is 3.65. The minimum absolute atomic E-state index is 0.181. The Morgan fingerprint density at radius 1 is 0.920 bits per heavy atom. The van der Waals surface area contributed by atoms with E-state index in [9.17, 15) is 4.39 Å². The molecule has 2 nitrogen and oxygen atoms in total. The largest absolute Gasteiger partial charge is 0.347 e. The summed E-state index contributed by atoms with van der Waals surface area (Å²) in [6.07, 6.45) is 3.28. The number of halogens is 1. The predicted octanol–water partition coefficient (Wildman–Crippen LogP) is 4.54. The molecule has 2 aromatic carbocycles. The number of rotatable bonds is 4. The third-order valence-corrected chi connectivity index (χ3v) is 5.22. The van der Waals surface area contributed by atoms with Crippen molar-refractivity contribution in [1.29, 1.82) is 0 Å². The van der Waals surface area contributed by atoms with Crippen molar-refractivity contribution in [3.05, 3.63) is 94.6 Å². The summed E-state index contributed by atoms with van der Waals surface area (Å²) in [6, 6.07) is 17.7. The number of hydrogen-bond acceptors (Lipinski definition) is 1. The fourth-order valence-electron chi connectivity index (χ4n) is 3.65. The Kier molecular flexibility index (Phi) is 4.41. The van der Waals surface area contributed by atoms with Gasteiger partial charge in [-0.2, -0.15) is 0 Å². The number of benzene rings is 2. The minimum atomic E-state index is -0.181. The summed E-state index contributed by atoms with van der Waals surface area (Å²) >= 11 is 0. The third kappa shape index (κ3) is 3.52. The Balaban J connectivity index is 1.45. The number of nitrogens with zero attached hydrogens (tertiary/aromatic N) is 2. The quantitative estimate of drug-likeness (QED) is 0.680. The van der Waals surface area contributed by atoms with Gasteiger partial charge in [-0.1, -0.05) is 36.4 Å². The van der Waals surface area contributed by atoms with Crippen LogP contribution in [0.1, 0.15) is 27.9 Å². The fraction of sp³-hybridized carbons (Fsp3) is 0.273. The van der Waals surface area contributed by atoms with E-state index >= 15 is 0 Å². The topological polar surface area (TPSA) is 8.17 Å². The summed E-state index contributed by atoms with van der Waals surface area (Å²) in [5.41, 5.74) is 6.74. The van der Waals surface area contributed by atoms with Gasteiger partial charge in [0.1, 0.15) is 5.82 Å². The van der Waals surface area contributed by atoms with Crippen LogP contribution in [-0.4, -0.2) is 16.0 Å². The van der Waals surface area contributed by atoms with Gasteiger partial charge in [0.25, 0.3) is 0 Å². The molecule has 128 valence electrons. The maximum Gasteiger partial charge on any atom is 0.123 e. The molecule has 0 saturated carbocycles. The first kappa shape index (κ1) is 16.1. The standard InChI is InChI=1S/C22H23FN2/c1-17-20(11-13-25(17)14-18-6-8-22(23)9-7-18)15-24-12-10-19-4-2-3-5-21(19)16-24/h2-9,11,13H,10,12,14-16H2,1H3. The van der Waals surface area contributed by atoms with E-state index in [1.807, 2.05) is 12.1 Å². The second-order valence-electron chi connectivity index (χ2n) is 6.91. The van der Waals surface area contributed by atoms with Gasteiger partial charge < -0.3 is 4.57 Å². The van der Waals surface area contributed by atoms with E-state index < -0.39 is 0 Å². The zero-order chi connectivity index (χ0) is 17.2. The van der Waals surface area contributed by atoms with Crippen LogP contribution in [0.5, 0.6) is 0 Å². The maximum atomic E-state index is 13.1. The van der Waals surface area contributed by atoms with Crippen LogP contribution in [0, 0.1) is 12.7 Å². The van der Waals surface area contributed by atoms with Crippen LogP contribution in [-0.2, 0) is 26.1 Å². The second kappa shape index (κ2) is 6.85. The molecule has 0 fully saturated rings. The van der Waals surface area contributed by atoms with Crippen molar-refractivity contribution in [3.63, 3.8) is 0 Å². The molecule has 4 rings (SSSR count). The molecule has 1 aliphatic heterocycles. The van der Waals surface area contributed by atoms with Gasteiger partial charge in [-0.05, 0) is 53.8 Å². The van der Waals surface area contributed by atoms with Gasteiger partial charge in [-0.15, -0.1) is 0 Å². The molecule has 1 aliphatic rings. The smallest absolute Gasteiger partial charge is 0.123 e. The molecule has 1 aromatic heterocycles. The monoisotopic (exact) mass is 334 g/mol. The Labute approximate surface area is 148 Å². The van der Waals surface area contributed by atoms with Gasteiger partial charge >= 0.3 is 0 Å². The number of fused-ring (bicyclic) bond motifs is 1. The summed E-state index contributed by atoms with van der Waals surface area (Å²) < 4.78 is 15.3. The molecule has 0 bridgehead atoms. The van der Waals surface area contributed by atoms with Crippen LogP contribution in [0.25, 0.3) is 0 Å². The van der Waals surface area contributed by atoms with Crippen LogP contribution in [0.15, 0.2) is 60.8 Å². The van der Waals surface area contributed by atoms with E-state index in [1.165, 1.54) is 34.5 Å². The van der Waals surface area contributed by atoms with E-state index in [-0.39, 0.29) is 5.82 Å². The first-order valence-corrected chi connectivity index (χ1v) is 8.87. The zero-order valence-electron chi connectivity index (χ0n) is 14.6. The van der Waals surface area contributed by atoms with Crippen molar-refractivity contribution in [2.24, 2.45) is 0 Å². The Morgan fingerprint density at radius 2 is 1.68 bits per heavy atom. The lowest BCUT2D eigenvalue weighted by Gasteiger charge is -2.28. The highest BCUT2D eigenvalue weighted by molar-refractivity contribution is 5.30. The van der Waals surface area contributed by atoms with Gasteiger partial charge in [0.05, 0.1) is 0 Å². The zero-order valence-corrected chi connectivity index (χ0v) is 14.6. The minimum Gasteiger partial charge on any atom is -0.347 e. The molecule has 2 heterocycles. The van der Waals surface area contributed by atoms with Crippen LogP contribution in [0.2, 0.25) is 0 Å². The van der Waals surface area contributed by atoms with Crippen LogP contribution < -0.4 is 0 Å². The van der Waals surface area contributed by atoms with Crippen molar-refractivity contribution in [2.45, 2.75) is 33.0 Å². The summed E-state index contributed by atoms with van der Waals surface area (Å²) in [5.74, 6) is -0.181. The van der Waals surface area contributed by atoms with E-state index in [0.29, 0.717) is 0 Å². The molecule has 3 heteroatoms. The Hall–Kier alpha value is -2.39. The molecule has 0 atom stereocenters. The summed E-state index contributed by atoms with van der Waals surface area (Å²) in [6.45, 7) is 6.08. The molecule has 3 aromatic rings. The van der Waals surface area contributed by atoms with Crippen LogP contribution in [0.3, 0.4) is 0 Å². The molecular weight excluding hydrogens is 311 g/mol. The van der Waals surface area contributed by atoms with Crippen molar-refractivity contribution in [2.75, 3.05) is 6.54 Å². The summed E-state index contributed by atoms with van der Waals surface area (Å²) in [4.78, 5) is 2.52. The first-order chi connectivity index (χ1) is 12.2. The molecule has 0 radical (unpaired) electrons.